The van der Waals surface area contributed by atoms with Gasteiger partial charge in [-0.15, -0.1) is 23.1 Å². The van der Waals surface area contributed by atoms with Gasteiger partial charge < -0.3 is 19.8 Å². The first kappa shape index (κ1) is 36.6. The average Bonchev–Trinajstić information content (AvgIpc) is 3.53. The predicted molar refractivity (Wildman–Crippen MR) is 214 cm³/mol. The van der Waals surface area contributed by atoms with Gasteiger partial charge in [0.15, 0.2) is 0 Å². The molecule has 0 aliphatic carbocycles. The highest BCUT2D eigenvalue weighted by Crippen LogP contribution is 2.58. The van der Waals surface area contributed by atoms with E-state index in [9.17, 15) is 9.59 Å². The summed E-state index contributed by atoms with van der Waals surface area (Å²) >= 11 is 8.58. The van der Waals surface area contributed by atoms with Crippen LogP contribution in [-0.2, 0) is 22.4 Å². The van der Waals surface area contributed by atoms with E-state index in [2.05, 4.69) is 86.7 Å². The lowest BCUT2D eigenvalue weighted by Crippen LogP contribution is -2.51. The number of aromatic amines is 2. The number of carbonyl (C=O) groups is 2. The molecule has 0 bridgehead atoms. The number of aromatic nitrogens is 4. The number of fused-ring (bicyclic) bond motifs is 1. The number of carbonyl (C=O) groups excluding carboxylic acids is 2. The average molecular weight is 747 g/mol. The molecule has 0 spiro atoms. The van der Waals surface area contributed by atoms with Crippen LogP contribution in [0.25, 0.3) is 21.6 Å². The molecular formula is C40H54N6O2S3. The van der Waals surface area contributed by atoms with E-state index in [0.29, 0.717) is 23.0 Å². The van der Waals surface area contributed by atoms with Crippen LogP contribution < -0.4 is 0 Å². The topological polar surface area (TPSA) is 98.0 Å². The number of thiol groups is 1. The molecule has 7 unspecified atom stereocenters. The zero-order valence-electron chi connectivity index (χ0n) is 31.1. The Labute approximate surface area is 316 Å². The molecule has 8 nitrogen and oxygen atoms in total. The summed E-state index contributed by atoms with van der Waals surface area (Å²) in [7, 11) is 0. The lowest BCUT2D eigenvalue weighted by atomic mass is 9.87. The summed E-state index contributed by atoms with van der Waals surface area (Å²) in [6.45, 7) is 16.6. The Kier molecular flexibility index (Phi) is 10.5. The molecule has 1 aromatic carbocycles. The Morgan fingerprint density at radius 3 is 2.45 bits per heavy atom. The molecule has 2 N–H and O–H groups in total. The van der Waals surface area contributed by atoms with E-state index in [1.54, 1.807) is 11.3 Å². The monoisotopic (exact) mass is 746 g/mol. The van der Waals surface area contributed by atoms with E-state index < -0.39 is 0 Å². The second-order valence-corrected chi connectivity index (χ2v) is 19.3. The highest BCUT2D eigenvalue weighted by Gasteiger charge is 2.60. The van der Waals surface area contributed by atoms with Gasteiger partial charge in [-0.05, 0) is 94.0 Å². The minimum Gasteiger partial charge on any atom is -0.342 e. The summed E-state index contributed by atoms with van der Waals surface area (Å²) in [6, 6.07) is 11.1. The van der Waals surface area contributed by atoms with Crippen LogP contribution in [0.1, 0.15) is 108 Å². The first-order chi connectivity index (χ1) is 24.4. The number of H-pyrrole nitrogens is 2. The lowest BCUT2D eigenvalue weighted by Gasteiger charge is -2.40. The van der Waals surface area contributed by atoms with Gasteiger partial charge in [0.25, 0.3) is 0 Å². The quantitative estimate of drug-likeness (QED) is 0.112. The molecule has 6 heterocycles. The minimum atomic E-state index is -0.278. The van der Waals surface area contributed by atoms with Crippen LogP contribution in [0.2, 0.25) is 0 Å². The van der Waals surface area contributed by atoms with Crippen LogP contribution in [0.5, 0.6) is 0 Å². The Bertz CT molecular complexity index is 1880. The SMILES string of the molecule is CC(C)C(C)C(=O)N1CCCC(c2ncc(-c3ccc(CCc4ccc5nc(C6CCCN(C(=O)C7(C)SC7C(C)C)C6C)[nH]c5c4)s3)[nH]2)C1S. The number of thioether (sulfide) groups is 1. The second kappa shape index (κ2) is 14.6. The van der Waals surface area contributed by atoms with Crippen molar-refractivity contribution in [1.29, 1.82) is 0 Å². The first-order valence-electron chi connectivity index (χ1n) is 19.0. The molecule has 3 aliphatic heterocycles. The fourth-order valence-corrected chi connectivity index (χ4v) is 11.1. The third-order valence-corrected chi connectivity index (χ3v) is 15.6. The van der Waals surface area contributed by atoms with E-state index in [0.717, 1.165) is 80.0 Å². The zero-order valence-corrected chi connectivity index (χ0v) is 33.6. The number of aryl methyl sites for hydroxylation is 2. The lowest BCUT2D eigenvalue weighted by molar-refractivity contribution is -0.138. The molecule has 0 saturated carbocycles. The maximum absolute atomic E-state index is 13.7. The Morgan fingerprint density at radius 2 is 1.73 bits per heavy atom. The number of benzene rings is 1. The number of amides is 2. The molecule has 3 fully saturated rings. The van der Waals surface area contributed by atoms with Gasteiger partial charge in [0, 0.05) is 47.0 Å². The molecule has 3 saturated heterocycles. The van der Waals surface area contributed by atoms with Gasteiger partial charge in [0.1, 0.15) is 16.4 Å². The van der Waals surface area contributed by atoms with Crippen LogP contribution in [0.3, 0.4) is 0 Å². The number of hydrogen-bond acceptors (Lipinski definition) is 7. The van der Waals surface area contributed by atoms with E-state index in [1.165, 1.54) is 15.3 Å². The van der Waals surface area contributed by atoms with Gasteiger partial charge in [-0.3, -0.25) is 9.59 Å². The van der Waals surface area contributed by atoms with Crippen molar-refractivity contribution in [3.63, 3.8) is 0 Å². The summed E-state index contributed by atoms with van der Waals surface area (Å²) in [5.41, 5.74) is 4.37. The zero-order chi connectivity index (χ0) is 36.2. The van der Waals surface area contributed by atoms with Crippen molar-refractivity contribution in [3.8, 4) is 10.6 Å². The molecule has 3 aliphatic rings. The highest BCUT2D eigenvalue weighted by molar-refractivity contribution is 8.09. The molecule has 51 heavy (non-hydrogen) atoms. The van der Waals surface area contributed by atoms with Crippen molar-refractivity contribution in [2.75, 3.05) is 13.1 Å². The van der Waals surface area contributed by atoms with Gasteiger partial charge in [0.05, 0.1) is 33.2 Å². The largest absolute Gasteiger partial charge is 0.342 e. The Morgan fingerprint density at radius 1 is 0.980 bits per heavy atom. The number of likely N-dealkylation sites (tertiary alicyclic amines) is 2. The van der Waals surface area contributed by atoms with Gasteiger partial charge in [-0.25, -0.2) is 9.97 Å². The van der Waals surface area contributed by atoms with Crippen LogP contribution in [0.4, 0.5) is 0 Å². The summed E-state index contributed by atoms with van der Waals surface area (Å²) in [4.78, 5) is 50.5. The maximum atomic E-state index is 13.7. The summed E-state index contributed by atoms with van der Waals surface area (Å²) < 4.78 is -0.278. The molecule has 3 aromatic heterocycles. The fourth-order valence-electron chi connectivity index (χ4n) is 8.28. The van der Waals surface area contributed by atoms with Crippen molar-refractivity contribution in [3.05, 3.63) is 58.6 Å². The highest BCUT2D eigenvalue weighted by atomic mass is 32.2. The third-order valence-electron chi connectivity index (χ3n) is 11.9. The smallest absolute Gasteiger partial charge is 0.239 e. The van der Waals surface area contributed by atoms with Gasteiger partial charge >= 0.3 is 0 Å². The number of piperidine rings is 2. The Hall–Kier alpha value is -2.76. The van der Waals surface area contributed by atoms with Gasteiger partial charge in [0.2, 0.25) is 11.8 Å². The van der Waals surface area contributed by atoms with Crippen LogP contribution in [0, 0.1) is 17.8 Å². The summed E-state index contributed by atoms with van der Waals surface area (Å²) in [5, 5.41) is 0.240. The summed E-state index contributed by atoms with van der Waals surface area (Å²) in [6.07, 6.45) is 7.80. The third kappa shape index (κ3) is 7.16. The van der Waals surface area contributed by atoms with Crippen molar-refractivity contribution in [2.45, 2.75) is 120 Å². The van der Waals surface area contributed by atoms with Crippen LogP contribution in [-0.4, -0.2) is 76.1 Å². The van der Waals surface area contributed by atoms with Crippen molar-refractivity contribution in [2.24, 2.45) is 17.8 Å². The number of nitrogens with zero attached hydrogens (tertiary/aromatic N) is 4. The number of imidazole rings is 2. The van der Waals surface area contributed by atoms with Gasteiger partial charge in [-0.2, -0.15) is 12.6 Å². The molecule has 4 aromatic rings. The molecule has 274 valence electrons. The van der Waals surface area contributed by atoms with E-state index in [1.807, 2.05) is 29.8 Å². The van der Waals surface area contributed by atoms with Crippen LogP contribution in [0.15, 0.2) is 36.5 Å². The minimum absolute atomic E-state index is 0.0170. The van der Waals surface area contributed by atoms with E-state index in [4.69, 9.17) is 22.6 Å². The predicted octanol–water partition coefficient (Wildman–Crippen LogP) is 8.68. The maximum Gasteiger partial charge on any atom is 0.239 e. The second-order valence-electron chi connectivity index (χ2n) is 16.0. The number of thiophene rings is 1. The van der Waals surface area contributed by atoms with E-state index >= 15 is 0 Å². The molecule has 7 atom stereocenters. The van der Waals surface area contributed by atoms with Gasteiger partial charge in [-0.1, -0.05) is 40.7 Å². The molecule has 2 amide bonds. The first-order valence-corrected chi connectivity index (χ1v) is 21.2. The van der Waals surface area contributed by atoms with Crippen molar-refractivity contribution >= 4 is 58.6 Å². The van der Waals surface area contributed by atoms with Crippen molar-refractivity contribution in [1.82, 2.24) is 29.7 Å². The number of rotatable bonds is 10. The molecular weight excluding hydrogens is 693 g/mol. The Balaban J connectivity index is 0.977. The van der Waals surface area contributed by atoms with Crippen molar-refractivity contribution < 1.29 is 9.59 Å². The molecule has 0 radical (unpaired) electrons. The number of hydrogen-bond donors (Lipinski definition) is 3. The summed E-state index contributed by atoms with van der Waals surface area (Å²) in [5.74, 6) is 3.51. The molecule has 11 heteroatoms. The standard InChI is InChI=1S/C40H54N6O2S3/c1-22(2)24(5)37(47)46-19-9-11-29(38(46)49)35-41-21-32(44-35)33-17-15-27(50-33)14-12-26-13-16-30-31(20-26)43-36(42-30)28-10-8-18-45(25(28)6)39(48)40(7)34(51-40)23(3)4/h13,15-17,20-25,28-29,34,38,49H,8-12,14,18-19H2,1-7H3,(H,41,44)(H,42,43). The van der Waals surface area contributed by atoms with E-state index in [-0.39, 0.29) is 39.8 Å². The number of nitrogens with one attached hydrogen (secondary N) is 2. The van der Waals surface area contributed by atoms with Crippen LogP contribution >= 0.6 is 35.7 Å². The fraction of sp³-hybridized carbons (Fsp3) is 0.600. The normalized spacial score (nSPS) is 27.5. The molecule has 7 rings (SSSR count).